The Balaban J connectivity index is 2.41. The second kappa shape index (κ2) is 6.78. The van der Waals surface area contributed by atoms with E-state index in [4.69, 9.17) is 21.6 Å². The maximum atomic E-state index is 12.4. The number of ether oxygens (including phenoxy) is 1. The minimum absolute atomic E-state index is 0.333. The molecule has 0 aliphatic carbocycles. The standard InChI is InChI=1S/C15H10ClIN2O2/c1-21-13-4-2-3-9(8-18)14(13)19-15(20)11-7-10(16)5-6-12(11)17/h2-7H,1H3,(H,19,20). The summed E-state index contributed by atoms with van der Waals surface area (Å²) in [6.07, 6.45) is 0. The summed E-state index contributed by atoms with van der Waals surface area (Å²) in [6.45, 7) is 0. The number of methoxy groups -OCH3 is 1. The van der Waals surface area contributed by atoms with E-state index in [1.165, 1.54) is 7.11 Å². The maximum absolute atomic E-state index is 12.4. The van der Waals surface area contributed by atoms with Crippen molar-refractivity contribution in [2.24, 2.45) is 0 Å². The molecule has 0 spiro atoms. The number of para-hydroxylation sites is 1. The number of nitrogens with one attached hydrogen (secondary N) is 1. The highest BCUT2D eigenvalue weighted by molar-refractivity contribution is 14.1. The molecule has 4 nitrogen and oxygen atoms in total. The largest absolute Gasteiger partial charge is 0.495 e. The lowest BCUT2D eigenvalue weighted by atomic mass is 10.1. The van der Waals surface area contributed by atoms with Gasteiger partial charge in [-0.25, -0.2) is 0 Å². The number of hydrogen-bond acceptors (Lipinski definition) is 3. The van der Waals surface area contributed by atoms with Gasteiger partial charge in [0.25, 0.3) is 5.91 Å². The van der Waals surface area contributed by atoms with Crippen LogP contribution in [0.25, 0.3) is 0 Å². The number of anilines is 1. The van der Waals surface area contributed by atoms with E-state index in [-0.39, 0.29) is 5.91 Å². The van der Waals surface area contributed by atoms with Gasteiger partial charge in [0, 0.05) is 8.59 Å². The predicted molar refractivity (Wildman–Crippen MR) is 89.8 cm³/mol. The first-order valence-electron chi connectivity index (χ1n) is 5.90. The monoisotopic (exact) mass is 412 g/mol. The number of halogens is 2. The smallest absolute Gasteiger partial charge is 0.256 e. The van der Waals surface area contributed by atoms with Crippen molar-refractivity contribution in [3.8, 4) is 11.8 Å². The fourth-order valence-electron chi connectivity index (χ4n) is 1.78. The van der Waals surface area contributed by atoms with Crippen molar-refractivity contribution < 1.29 is 9.53 Å². The molecular weight excluding hydrogens is 403 g/mol. The normalized spacial score (nSPS) is 9.81. The Morgan fingerprint density at radius 3 is 2.81 bits per heavy atom. The van der Waals surface area contributed by atoms with E-state index >= 15 is 0 Å². The van der Waals surface area contributed by atoms with Gasteiger partial charge in [-0.3, -0.25) is 4.79 Å². The molecule has 21 heavy (non-hydrogen) atoms. The van der Waals surface area contributed by atoms with Gasteiger partial charge >= 0.3 is 0 Å². The van der Waals surface area contributed by atoms with Crippen LogP contribution in [0.4, 0.5) is 5.69 Å². The second-order valence-electron chi connectivity index (χ2n) is 4.07. The topological polar surface area (TPSA) is 62.1 Å². The molecule has 0 saturated heterocycles. The van der Waals surface area contributed by atoms with Crippen LogP contribution in [-0.2, 0) is 0 Å². The Morgan fingerprint density at radius 2 is 2.14 bits per heavy atom. The summed E-state index contributed by atoms with van der Waals surface area (Å²) in [7, 11) is 1.48. The summed E-state index contributed by atoms with van der Waals surface area (Å²) in [4.78, 5) is 12.4. The zero-order valence-corrected chi connectivity index (χ0v) is 13.9. The van der Waals surface area contributed by atoms with E-state index in [2.05, 4.69) is 27.9 Å². The van der Waals surface area contributed by atoms with E-state index < -0.39 is 0 Å². The molecule has 0 aliphatic rings. The molecule has 6 heteroatoms. The van der Waals surface area contributed by atoms with Gasteiger partial charge in [-0.15, -0.1) is 0 Å². The van der Waals surface area contributed by atoms with Crippen LogP contribution in [0.15, 0.2) is 36.4 Å². The minimum atomic E-state index is -0.345. The van der Waals surface area contributed by atoms with E-state index in [1.54, 1.807) is 36.4 Å². The van der Waals surface area contributed by atoms with Gasteiger partial charge in [-0.2, -0.15) is 5.26 Å². The Hall–Kier alpha value is -1.78. The molecule has 0 saturated carbocycles. The maximum Gasteiger partial charge on any atom is 0.256 e. The average molecular weight is 413 g/mol. The zero-order chi connectivity index (χ0) is 15.4. The van der Waals surface area contributed by atoms with E-state index in [0.717, 1.165) is 3.57 Å². The van der Waals surface area contributed by atoms with Crippen LogP contribution < -0.4 is 10.1 Å². The highest BCUT2D eigenvalue weighted by atomic mass is 127. The number of nitrogens with zero attached hydrogens (tertiary/aromatic N) is 1. The third-order valence-corrected chi connectivity index (χ3v) is 3.95. The SMILES string of the molecule is COc1cccc(C#N)c1NC(=O)c1cc(Cl)ccc1I. The van der Waals surface area contributed by atoms with Crippen molar-refractivity contribution in [1.82, 2.24) is 0 Å². The fourth-order valence-corrected chi connectivity index (χ4v) is 2.53. The molecule has 0 radical (unpaired) electrons. The van der Waals surface area contributed by atoms with Crippen molar-refractivity contribution in [3.63, 3.8) is 0 Å². The van der Waals surface area contributed by atoms with Gasteiger partial charge < -0.3 is 10.1 Å². The lowest BCUT2D eigenvalue weighted by Gasteiger charge is -2.12. The Kier molecular flexibility index (Phi) is 5.04. The molecule has 2 aromatic rings. The third kappa shape index (κ3) is 3.46. The minimum Gasteiger partial charge on any atom is -0.495 e. The lowest BCUT2D eigenvalue weighted by Crippen LogP contribution is -2.15. The number of hydrogen-bond donors (Lipinski definition) is 1. The molecule has 0 fully saturated rings. The highest BCUT2D eigenvalue weighted by Crippen LogP contribution is 2.29. The molecular formula is C15H10ClIN2O2. The number of nitriles is 1. The first-order chi connectivity index (χ1) is 10.1. The van der Waals surface area contributed by atoms with Gasteiger partial charge in [0.05, 0.1) is 18.2 Å². The van der Waals surface area contributed by atoms with Gasteiger partial charge in [-0.1, -0.05) is 17.7 Å². The summed E-state index contributed by atoms with van der Waals surface area (Å²) in [5.74, 6) is 0.0855. The van der Waals surface area contributed by atoms with Crippen LogP contribution in [0.3, 0.4) is 0 Å². The predicted octanol–water partition coefficient (Wildman–Crippen LogP) is 4.08. The van der Waals surface area contributed by atoms with Crippen molar-refractivity contribution in [2.45, 2.75) is 0 Å². The third-order valence-electron chi connectivity index (χ3n) is 2.78. The first-order valence-corrected chi connectivity index (χ1v) is 7.36. The molecule has 1 amide bonds. The average Bonchev–Trinajstić information content (AvgIpc) is 2.49. The van der Waals surface area contributed by atoms with Crippen LogP contribution in [0.2, 0.25) is 5.02 Å². The van der Waals surface area contributed by atoms with Crippen molar-refractivity contribution in [1.29, 1.82) is 5.26 Å². The summed E-state index contributed by atoms with van der Waals surface area (Å²) in [5.41, 5.74) is 1.13. The van der Waals surface area contributed by atoms with Gasteiger partial charge in [-0.05, 0) is 52.9 Å². The van der Waals surface area contributed by atoms with E-state index in [0.29, 0.717) is 27.6 Å². The van der Waals surface area contributed by atoms with Crippen LogP contribution in [-0.4, -0.2) is 13.0 Å². The number of carbonyl (C=O) groups excluding carboxylic acids is 1. The van der Waals surface area contributed by atoms with Crippen LogP contribution in [0.1, 0.15) is 15.9 Å². The molecule has 106 valence electrons. The van der Waals surface area contributed by atoms with Crippen LogP contribution in [0, 0.1) is 14.9 Å². The number of carbonyl (C=O) groups is 1. The highest BCUT2D eigenvalue weighted by Gasteiger charge is 2.16. The van der Waals surface area contributed by atoms with E-state index in [9.17, 15) is 4.79 Å². The lowest BCUT2D eigenvalue weighted by molar-refractivity contribution is 0.102. The number of rotatable bonds is 3. The summed E-state index contributed by atoms with van der Waals surface area (Å²) >= 11 is 7.98. The zero-order valence-electron chi connectivity index (χ0n) is 11.0. The van der Waals surface area contributed by atoms with Crippen molar-refractivity contribution >= 4 is 45.8 Å². The molecule has 0 heterocycles. The molecule has 0 unspecified atom stereocenters. The Morgan fingerprint density at radius 1 is 1.38 bits per heavy atom. The number of amides is 1. The van der Waals surface area contributed by atoms with Gasteiger partial charge in [0.1, 0.15) is 17.5 Å². The summed E-state index contributed by atoms with van der Waals surface area (Å²) < 4.78 is 5.95. The summed E-state index contributed by atoms with van der Waals surface area (Å²) in [6, 6.07) is 12.1. The quantitative estimate of drug-likeness (QED) is 0.773. The number of benzene rings is 2. The molecule has 0 aromatic heterocycles. The molecule has 0 aliphatic heterocycles. The Bertz CT molecular complexity index is 741. The molecule has 0 atom stereocenters. The first kappa shape index (κ1) is 15.6. The van der Waals surface area contributed by atoms with Gasteiger partial charge in [0.2, 0.25) is 0 Å². The molecule has 2 rings (SSSR count). The Labute approximate surface area is 140 Å². The second-order valence-corrected chi connectivity index (χ2v) is 5.67. The summed E-state index contributed by atoms with van der Waals surface area (Å²) in [5, 5.41) is 12.3. The van der Waals surface area contributed by atoms with Gasteiger partial charge in [0.15, 0.2) is 0 Å². The van der Waals surface area contributed by atoms with E-state index in [1.807, 2.05) is 6.07 Å². The molecule has 1 N–H and O–H groups in total. The van der Waals surface area contributed by atoms with Crippen LogP contribution >= 0.6 is 34.2 Å². The molecule has 0 bridgehead atoms. The molecule has 2 aromatic carbocycles. The van der Waals surface area contributed by atoms with Crippen molar-refractivity contribution in [2.75, 3.05) is 12.4 Å². The fraction of sp³-hybridized carbons (Fsp3) is 0.0667. The van der Waals surface area contributed by atoms with Crippen LogP contribution in [0.5, 0.6) is 5.75 Å². The van der Waals surface area contributed by atoms with Crippen molar-refractivity contribution in [3.05, 3.63) is 56.1 Å².